The number of nitrogens with one attached hydrogen (secondary N) is 1. The Bertz CT molecular complexity index is 1160. The summed E-state index contributed by atoms with van der Waals surface area (Å²) in [5, 5.41) is 12.2. The highest BCUT2D eigenvalue weighted by Gasteiger charge is 2.20. The van der Waals surface area contributed by atoms with Gasteiger partial charge in [0.25, 0.3) is 5.91 Å². The van der Waals surface area contributed by atoms with Gasteiger partial charge in [0.15, 0.2) is 0 Å². The molecule has 2 aromatic heterocycles. The fourth-order valence-electron chi connectivity index (χ4n) is 3.27. The van der Waals surface area contributed by atoms with Gasteiger partial charge in [-0.3, -0.25) is 14.6 Å². The van der Waals surface area contributed by atoms with Crippen molar-refractivity contribution in [2.24, 2.45) is 0 Å². The van der Waals surface area contributed by atoms with Crippen molar-refractivity contribution in [1.29, 1.82) is 0 Å². The molecule has 0 spiro atoms. The first-order chi connectivity index (χ1) is 14.1. The summed E-state index contributed by atoms with van der Waals surface area (Å²) in [5.41, 5.74) is 3.25. The van der Waals surface area contributed by atoms with Crippen LogP contribution in [-0.4, -0.2) is 31.5 Å². The molecular formula is C22H18N4O3. The minimum absolute atomic E-state index is 0.0619. The number of fused-ring (bicyclic) bond motifs is 1. The van der Waals surface area contributed by atoms with Crippen molar-refractivity contribution in [2.45, 2.75) is 12.5 Å². The Kier molecular flexibility index (Phi) is 5.03. The van der Waals surface area contributed by atoms with Gasteiger partial charge in [-0.05, 0) is 35.9 Å². The van der Waals surface area contributed by atoms with Gasteiger partial charge in [-0.2, -0.15) is 0 Å². The van der Waals surface area contributed by atoms with Crippen LogP contribution < -0.4 is 5.32 Å². The maximum atomic E-state index is 12.3. The van der Waals surface area contributed by atoms with E-state index in [-0.39, 0.29) is 18.4 Å². The molecule has 7 heteroatoms. The fourth-order valence-corrected chi connectivity index (χ4v) is 3.27. The lowest BCUT2D eigenvalue weighted by atomic mass is 10.0. The smallest absolute Gasteiger partial charge is 0.305 e. The minimum atomic E-state index is -0.889. The number of carboxylic acid groups (broad SMARTS) is 1. The quantitative estimate of drug-likeness (QED) is 0.526. The number of carboxylic acids is 1. The minimum Gasteiger partial charge on any atom is -0.481 e. The largest absolute Gasteiger partial charge is 0.481 e. The highest BCUT2D eigenvalue weighted by atomic mass is 16.4. The van der Waals surface area contributed by atoms with Gasteiger partial charge in [-0.15, -0.1) is 0 Å². The van der Waals surface area contributed by atoms with Crippen molar-refractivity contribution in [2.75, 3.05) is 5.32 Å². The Morgan fingerprint density at radius 1 is 1.00 bits per heavy atom. The molecule has 4 aromatic rings. The number of anilines is 1. The van der Waals surface area contributed by atoms with Crippen LogP contribution in [0.3, 0.4) is 0 Å². The summed E-state index contributed by atoms with van der Waals surface area (Å²) in [7, 11) is 0. The maximum absolute atomic E-state index is 12.3. The molecule has 4 rings (SSSR count). The summed E-state index contributed by atoms with van der Waals surface area (Å²) in [5.74, 6) is -1.20. The lowest BCUT2D eigenvalue weighted by Crippen LogP contribution is -2.14. The Morgan fingerprint density at radius 2 is 1.79 bits per heavy atom. The zero-order valence-corrected chi connectivity index (χ0v) is 15.4. The number of hydrogen-bond donors (Lipinski definition) is 2. The summed E-state index contributed by atoms with van der Waals surface area (Å²) in [6, 6.07) is 19.6. The molecule has 2 N–H and O–H groups in total. The Morgan fingerprint density at radius 3 is 2.52 bits per heavy atom. The summed E-state index contributed by atoms with van der Waals surface area (Å²) in [6.45, 7) is 0. The third-order valence-corrected chi connectivity index (χ3v) is 4.62. The first-order valence-electron chi connectivity index (χ1n) is 9.07. The number of aromatic nitrogens is 3. The zero-order chi connectivity index (χ0) is 20.2. The van der Waals surface area contributed by atoms with Crippen molar-refractivity contribution in [1.82, 2.24) is 14.5 Å². The van der Waals surface area contributed by atoms with Crippen molar-refractivity contribution >= 4 is 28.6 Å². The summed E-state index contributed by atoms with van der Waals surface area (Å²) >= 11 is 0. The van der Waals surface area contributed by atoms with Crippen LogP contribution in [0.1, 0.15) is 28.5 Å². The van der Waals surface area contributed by atoms with Crippen LogP contribution in [-0.2, 0) is 4.79 Å². The summed E-state index contributed by atoms with van der Waals surface area (Å²) < 4.78 is 1.85. The highest BCUT2D eigenvalue weighted by Crippen LogP contribution is 2.28. The molecule has 0 saturated carbocycles. The van der Waals surface area contributed by atoms with Gasteiger partial charge >= 0.3 is 5.97 Å². The maximum Gasteiger partial charge on any atom is 0.305 e. The number of carbonyl (C=O) groups is 2. The second kappa shape index (κ2) is 7.93. The molecule has 0 saturated heterocycles. The normalized spacial score (nSPS) is 11.9. The molecule has 0 bridgehead atoms. The standard InChI is InChI=1S/C22H18N4O3/c27-21(28)13-20(15-6-2-1-3-7-15)26-14-24-18-12-16(9-10-19(18)26)25-22(29)17-8-4-5-11-23-17/h1-12,14,20H,13H2,(H,25,29)(H,27,28). The zero-order valence-electron chi connectivity index (χ0n) is 15.4. The monoisotopic (exact) mass is 386 g/mol. The summed E-state index contributed by atoms with van der Waals surface area (Å²) in [4.78, 5) is 32.2. The van der Waals surface area contributed by atoms with E-state index in [4.69, 9.17) is 0 Å². The molecule has 0 aliphatic carbocycles. The number of pyridine rings is 1. The van der Waals surface area contributed by atoms with Gasteiger partial charge in [0, 0.05) is 11.9 Å². The topological polar surface area (TPSA) is 97.1 Å². The Labute approximate surface area is 166 Å². The Balaban J connectivity index is 1.65. The van der Waals surface area contributed by atoms with E-state index in [1.165, 1.54) is 0 Å². The molecule has 1 amide bonds. The molecular weight excluding hydrogens is 368 g/mol. The molecule has 29 heavy (non-hydrogen) atoms. The van der Waals surface area contributed by atoms with Gasteiger partial charge < -0.3 is 15.0 Å². The first kappa shape index (κ1) is 18.4. The number of aliphatic carboxylic acids is 1. The van der Waals surface area contributed by atoms with E-state index in [0.29, 0.717) is 16.9 Å². The van der Waals surface area contributed by atoms with Crippen molar-refractivity contribution in [3.05, 3.63) is 90.5 Å². The van der Waals surface area contributed by atoms with Crippen LogP contribution in [0.4, 0.5) is 5.69 Å². The predicted octanol–water partition coefficient (Wildman–Crippen LogP) is 3.75. The third kappa shape index (κ3) is 3.98. The van der Waals surface area contributed by atoms with Crippen LogP contribution >= 0.6 is 0 Å². The van der Waals surface area contributed by atoms with E-state index in [1.807, 2.05) is 41.0 Å². The number of imidazole rings is 1. The molecule has 1 unspecified atom stereocenters. The average molecular weight is 386 g/mol. The predicted molar refractivity (Wildman–Crippen MR) is 109 cm³/mol. The van der Waals surface area contributed by atoms with E-state index in [2.05, 4.69) is 15.3 Å². The molecule has 7 nitrogen and oxygen atoms in total. The average Bonchev–Trinajstić information content (AvgIpc) is 3.16. The number of nitrogens with zero attached hydrogens (tertiary/aromatic N) is 3. The van der Waals surface area contributed by atoms with Crippen LogP contribution in [0.15, 0.2) is 79.3 Å². The SMILES string of the molecule is O=C(O)CC(c1ccccc1)n1cnc2cc(NC(=O)c3ccccn3)ccc21. The Hall–Kier alpha value is -4.00. The van der Waals surface area contributed by atoms with Gasteiger partial charge in [-0.1, -0.05) is 36.4 Å². The number of carbonyl (C=O) groups excluding carboxylic acids is 1. The number of benzene rings is 2. The van der Waals surface area contributed by atoms with Crippen molar-refractivity contribution < 1.29 is 14.7 Å². The third-order valence-electron chi connectivity index (χ3n) is 4.62. The molecule has 1 atom stereocenters. The molecule has 0 aliphatic rings. The molecule has 0 aliphatic heterocycles. The number of amides is 1. The molecule has 2 heterocycles. The first-order valence-corrected chi connectivity index (χ1v) is 9.07. The van der Waals surface area contributed by atoms with Crippen molar-refractivity contribution in [3.8, 4) is 0 Å². The van der Waals surface area contributed by atoms with Crippen LogP contribution in [0.2, 0.25) is 0 Å². The molecule has 2 aromatic carbocycles. The summed E-state index contributed by atoms with van der Waals surface area (Å²) in [6.07, 6.45) is 3.13. The van der Waals surface area contributed by atoms with E-state index >= 15 is 0 Å². The van der Waals surface area contributed by atoms with E-state index in [0.717, 1.165) is 11.1 Å². The fraction of sp³-hybridized carbons (Fsp3) is 0.0909. The molecule has 144 valence electrons. The lowest BCUT2D eigenvalue weighted by molar-refractivity contribution is -0.137. The second-order valence-corrected chi connectivity index (χ2v) is 6.55. The highest BCUT2D eigenvalue weighted by molar-refractivity contribution is 6.03. The molecule has 0 radical (unpaired) electrons. The lowest BCUT2D eigenvalue weighted by Gasteiger charge is -2.18. The van der Waals surface area contributed by atoms with Crippen LogP contribution in [0.5, 0.6) is 0 Å². The van der Waals surface area contributed by atoms with Gasteiger partial charge in [-0.25, -0.2) is 4.98 Å². The van der Waals surface area contributed by atoms with Gasteiger partial charge in [0.1, 0.15) is 5.69 Å². The number of rotatable bonds is 6. The van der Waals surface area contributed by atoms with Crippen LogP contribution in [0.25, 0.3) is 11.0 Å². The van der Waals surface area contributed by atoms with E-state index < -0.39 is 5.97 Å². The van der Waals surface area contributed by atoms with Gasteiger partial charge in [0.2, 0.25) is 0 Å². The second-order valence-electron chi connectivity index (χ2n) is 6.55. The number of hydrogen-bond acceptors (Lipinski definition) is 4. The van der Waals surface area contributed by atoms with E-state index in [1.54, 1.807) is 42.9 Å². The van der Waals surface area contributed by atoms with E-state index in [9.17, 15) is 14.7 Å². The molecule has 0 fully saturated rings. The van der Waals surface area contributed by atoms with Crippen molar-refractivity contribution in [3.63, 3.8) is 0 Å². The van der Waals surface area contributed by atoms with Crippen LogP contribution in [0, 0.1) is 0 Å². The van der Waals surface area contributed by atoms with Gasteiger partial charge in [0.05, 0.1) is 29.8 Å².